The van der Waals surface area contributed by atoms with Crippen molar-refractivity contribution in [1.29, 1.82) is 0 Å². The van der Waals surface area contributed by atoms with Gasteiger partial charge in [-0.15, -0.1) is 0 Å². The highest BCUT2D eigenvalue weighted by molar-refractivity contribution is 5.89. The van der Waals surface area contributed by atoms with Crippen molar-refractivity contribution in [3.05, 3.63) is 41.9 Å². The second-order valence-corrected chi connectivity index (χ2v) is 6.41. The van der Waals surface area contributed by atoms with Gasteiger partial charge in [0.25, 0.3) is 0 Å². The maximum atomic E-state index is 13.6. The number of nitrogens with zero attached hydrogens (tertiary/aromatic N) is 2. The minimum Gasteiger partial charge on any atom is -0.397 e. The molecule has 124 valence electrons. The topological polar surface area (TPSA) is 77.8 Å². The number of rotatable bonds is 2. The van der Waals surface area contributed by atoms with E-state index in [-0.39, 0.29) is 5.69 Å². The molecule has 0 amide bonds. The van der Waals surface area contributed by atoms with Crippen molar-refractivity contribution in [2.45, 2.75) is 33.0 Å². The molecule has 1 aromatic heterocycles. The van der Waals surface area contributed by atoms with Crippen molar-refractivity contribution >= 4 is 16.6 Å². The molecule has 1 heterocycles. The molecule has 2 aromatic rings. The first kappa shape index (κ1) is 17.2. The van der Waals surface area contributed by atoms with E-state index in [4.69, 9.17) is 11.5 Å². The normalized spacial score (nSPS) is 15.4. The fourth-order valence-electron chi connectivity index (χ4n) is 2.28. The molecule has 1 aromatic carbocycles. The van der Waals surface area contributed by atoms with Gasteiger partial charge in [-0.1, -0.05) is 39.0 Å². The van der Waals surface area contributed by atoms with Gasteiger partial charge in [-0.25, -0.2) is 9.97 Å². The van der Waals surface area contributed by atoms with Crippen LogP contribution in [-0.4, -0.2) is 22.2 Å². The Hall–Kier alpha value is -2.15. The summed E-state index contributed by atoms with van der Waals surface area (Å²) in [6, 6.07) is 5.47. The lowest BCUT2D eigenvalue weighted by Gasteiger charge is -2.31. The Morgan fingerprint density at radius 2 is 1.70 bits per heavy atom. The Kier molecular flexibility index (Phi) is 4.34. The van der Waals surface area contributed by atoms with Crippen LogP contribution in [0.5, 0.6) is 0 Å². The Bertz CT molecular complexity index is 740. The van der Waals surface area contributed by atoms with Gasteiger partial charge in [0.2, 0.25) is 0 Å². The highest BCUT2D eigenvalue weighted by Crippen LogP contribution is 2.38. The molecule has 4 nitrogen and oxygen atoms in total. The number of hydrogen-bond acceptors (Lipinski definition) is 4. The molecule has 0 saturated carbocycles. The molecule has 0 aliphatic heterocycles. The zero-order valence-electron chi connectivity index (χ0n) is 13.1. The van der Waals surface area contributed by atoms with Gasteiger partial charge in [-0.2, -0.15) is 13.2 Å². The lowest BCUT2D eigenvalue weighted by molar-refractivity contribution is -0.0981. The summed E-state index contributed by atoms with van der Waals surface area (Å²) in [7, 11) is 0. The molecule has 1 atom stereocenters. The molecule has 7 heteroatoms. The molecule has 0 bridgehead atoms. The van der Waals surface area contributed by atoms with Crippen molar-refractivity contribution in [3.8, 4) is 0 Å². The Morgan fingerprint density at radius 3 is 2.26 bits per heavy atom. The molecule has 0 aliphatic carbocycles. The first-order valence-electron chi connectivity index (χ1n) is 7.06. The second kappa shape index (κ2) is 5.81. The van der Waals surface area contributed by atoms with Crippen LogP contribution in [0, 0.1) is 5.41 Å². The number of para-hydroxylation sites is 1. The third-order valence-corrected chi connectivity index (χ3v) is 3.64. The van der Waals surface area contributed by atoms with Gasteiger partial charge in [0.15, 0.2) is 0 Å². The monoisotopic (exact) mass is 324 g/mol. The summed E-state index contributed by atoms with van der Waals surface area (Å²) in [6.45, 7) is 4.90. The molecular weight excluding hydrogens is 305 g/mol. The van der Waals surface area contributed by atoms with Crippen molar-refractivity contribution in [1.82, 2.24) is 9.97 Å². The Balaban J connectivity index is 2.76. The zero-order valence-corrected chi connectivity index (χ0v) is 13.1. The summed E-state index contributed by atoms with van der Waals surface area (Å²) in [5.74, 6) is 0. The number of benzene rings is 1. The van der Waals surface area contributed by atoms with Gasteiger partial charge in [-0.05, 0) is 11.5 Å². The van der Waals surface area contributed by atoms with Gasteiger partial charge < -0.3 is 11.5 Å². The number of alkyl halides is 3. The van der Waals surface area contributed by atoms with E-state index in [1.165, 1.54) is 6.33 Å². The summed E-state index contributed by atoms with van der Waals surface area (Å²) < 4.78 is 40.7. The smallest absolute Gasteiger partial charge is 0.397 e. The molecular formula is C16H19F3N4. The van der Waals surface area contributed by atoms with E-state index in [0.717, 1.165) is 0 Å². The van der Waals surface area contributed by atoms with Crippen molar-refractivity contribution in [2.75, 3.05) is 0 Å². The molecule has 0 spiro atoms. The first-order chi connectivity index (χ1) is 10.5. The number of aromatic nitrogens is 2. The maximum Gasteiger partial charge on any atom is 0.416 e. The predicted molar refractivity (Wildman–Crippen MR) is 84.1 cm³/mol. The minimum atomic E-state index is -4.65. The van der Waals surface area contributed by atoms with Gasteiger partial charge in [0, 0.05) is 11.4 Å². The van der Waals surface area contributed by atoms with E-state index in [2.05, 4.69) is 9.97 Å². The van der Waals surface area contributed by atoms with E-state index in [1.54, 1.807) is 45.0 Å². The van der Waals surface area contributed by atoms with Crippen LogP contribution in [0.15, 0.2) is 36.2 Å². The van der Waals surface area contributed by atoms with E-state index in [1.807, 2.05) is 0 Å². The summed E-state index contributed by atoms with van der Waals surface area (Å²) in [5.41, 5.74) is 10.1. The fourth-order valence-corrected chi connectivity index (χ4v) is 2.28. The van der Waals surface area contributed by atoms with Crippen LogP contribution in [0.25, 0.3) is 16.6 Å². The Labute approximate surface area is 132 Å². The van der Waals surface area contributed by atoms with E-state index in [9.17, 15) is 13.2 Å². The van der Waals surface area contributed by atoms with Crippen molar-refractivity contribution in [3.63, 3.8) is 0 Å². The van der Waals surface area contributed by atoms with Crippen LogP contribution in [0.2, 0.25) is 0 Å². The molecule has 4 N–H and O–H groups in total. The molecule has 0 radical (unpaired) electrons. The van der Waals surface area contributed by atoms with Gasteiger partial charge in [0.1, 0.15) is 6.33 Å². The predicted octanol–water partition coefficient (Wildman–Crippen LogP) is 3.24. The van der Waals surface area contributed by atoms with Crippen molar-refractivity contribution < 1.29 is 13.2 Å². The molecule has 0 aliphatic rings. The first-order valence-corrected chi connectivity index (χ1v) is 7.06. The lowest BCUT2D eigenvalue weighted by Crippen LogP contribution is -2.43. The summed E-state index contributed by atoms with van der Waals surface area (Å²) in [5, 5.41) is 0.454. The zero-order chi connectivity index (χ0) is 17.4. The highest BCUT2D eigenvalue weighted by atomic mass is 19.4. The van der Waals surface area contributed by atoms with Gasteiger partial charge >= 0.3 is 6.18 Å². The molecule has 23 heavy (non-hydrogen) atoms. The van der Waals surface area contributed by atoms with E-state index in [0.29, 0.717) is 10.9 Å². The average molecular weight is 324 g/mol. The molecule has 1 unspecified atom stereocenters. The van der Waals surface area contributed by atoms with E-state index < -0.39 is 28.9 Å². The summed E-state index contributed by atoms with van der Waals surface area (Å²) in [4.78, 5) is 7.99. The van der Waals surface area contributed by atoms with Crippen LogP contribution >= 0.6 is 0 Å². The van der Waals surface area contributed by atoms with E-state index >= 15 is 0 Å². The molecule has 0 saturated heterocycles. The van der Waals surface area contributed by atoms with Gasteiger partial charge in [0.05, 0.1) is 22.5 Å². The lowest BCUT2D eigenvalue weighted by atomic mass is 9.81. The number of nitrogens with two attached hydrogens (primary N) is 2. The summed E-state index contributed by atoms with van der Waals surface area (Å²) >= 11 is 0. The fraction of sp³-hybridized carbons (Fsp3) is 0.375. The minimum absolute atomic E-state index is 0.0441. The maximum absolute atomic E-state index is 13.6. The van der Waals surface area contributed by atoms with Crippen molar-refractivity contribution in [2.24, 2.45) is 16.9 Å². The SMILES string of the molecule is CC(C)(C)C(N)/C(=C(\N)c1ncnc2ccccc12)C(F)(F)F. The average Bonchev–Trinajstić information content (AvgIpc) is 2.44. The number of fused-ring (bicyclic) bond motifs is 1. The van der Waals surface area contributed by atoms with Gasteiger partial charge in [-0.3, -0.25) is 0 Å². The third kappa shape index (κ3) is 3.44. The largest absolute Gasteiger partial charge is 0.416 e. The molecule has 0 fully saturated rings. The summed E-state index contributed by atoms with van der Waals surface area (Å²) in [6.07, 6.45) is -3.45. The van der Waals surface area contributed by atoms with Crippen LogP contribution in [-0.2, 0) is 0 Å². The molecule has 2 rings (SSSR count). The number of halogens is 3. The van der Waals surface area contributed by atoms with Crippen LogP contribution in [0.3, 0.4) is 0 Å². The van der Waals surface area contributed by atoms with Crippen LogP contribution < -0.4 is 11.5 Å². The Morgan fingerprint density at radius 1 is 1.09 bits per heavy atom. The number of hydrogen-bond donors (Lipinski definition) is 2. The quantitative estimate of drug-likeness (QED) is 0.889. The third-order valence-electron chi connectivity index (χ3n) is 3.64. The second-order valence-electron chi connectivity index (χ2n) is 6.41. The van der Waals surface area contributed by atoms with Crippen LogP contribution in [0.4, 0.5) is 13.2 Å². The van der Waals surface area contributed by atoms with Crippen LogP contribution in [0.1, 0.15) is 26.5 Å². The standard InChI is InChI=1S/C16H19F3N4/c1-15(2,3)14(21)11(16(17,18)19)12(20)13-9-6-4-5-7-10(9)22-8-23-13/h4-8,14H,20-21H2,1-3H3/b12-11+. The highest BCUT2D eigenvalue weighted by Gasteiger charge is 2.44.